The molecule has 1 N–H and O–H groups in total. The van der Waals surface area contributed by atoms with Crippen molar-refractivity contribution in [2.75, 3.05) is 13.2 Å². The van der Waals surface area contributed by atoms with E-state index < -0.39 is 0 Å². The van der Waals surface area contributed by atoms with Gasteiger partial charge in [-0.2, -0.15) is 0 Å². The molecular formula is C12H20N2O3. The van der Waals surface area contributed by atoms with E-state index in [2.05, 4.69) is 5.32 Å². The first-order chi connectivity index (χ1) is 8.16. The molecule has 96 valence electrons. The number of carbonyl (C=O) groups excluding carboxylic acids is 2. The largest absolute Gasteiger partial charge is 0.354 e. The van der Waals surface area contributed by atoms with Crippen LogP contribution in [0.15, 0.2) is 0 Å². The van der Waals surface area contributed by atoms with Gasteiger partial charge >= 0.3 is 0 Å². The van der Waals surface area contributed by atoms with E-state index in [4.69, 9.17) is 4.84 Å². The lowest BCUT2D eigenvalue weighted by Gasteiger charge is -2.30. The molecule has 2 atom stereocenters. The van der Waals surface area contributed by atoms with E-state index in [1.54, 1.807) is 0 Å². The Balaban J connectivity index is 1.95. The zero-order valence-corrected chi connectivity index (χ0v) is 10.3. The third-order valence-corrected chi connectivity index (χ3v) is 3.32. The number of carbonyl (C=O) groups is 2. The standard InChI is InChI=1S/C12H20N2O3/c1-9-7-10(8-11(15)13-9)12(16)14-5-3-2-4-6-17-14/h9-10H,2-8H2,1H3,(H,13,15). The van der Waals surface area contributed by atoms with Gasteiger partial charge in [0.25, 0.3) is 0 Å². The summed E-state index contributed by atoms with van der Waals surface area (Å²) in [5.41, 5.74) is 0. The molecule has 2 amide bonds. The molecule has 0 aliphatic carbocycles. The third-order valence-electron chi connectivity index (χ3n) is 3.32. The van der Waals surface area contributed by atoms with Crippen molar-refractivity contribution in [1.82, 2.24) is 10.4 Å². The minimum absolute atomic E-state index is 0.0198. The molecule has 2 rings (SSSR count). The number of hydrogen-bond donors (Lipinski definition) is 1. The number of hydroxylamine groups is 2. The van der Waals surface area contributed by atoms with Gasteiger partial charge < -0.3 is 5.32 Å². The Morgan fingerprint density at radius 3 is 3.00 bits per heavy atom. The summed E-state index contributed by atoms with van der Waals surface area (Å²) >= 11 is 0. The maximum atomic E-state index is 12.2. The normalized spacial score (nSPS) is 30.6. The van der Waals surface area contributed by atoms with E-state index in [0.29, 0.717) is 26.0 Å². The molecule has 0 aromatic carbocycles. The van der Waals surface area contributed by atoms with Crippen LogP contribution < -0.4 is 5.32 Å². The molecule has 0 bridgehead atoms. The highest BCUT2D eigenvalue weighted by molar-refractivity contribution is 5.86. The lowest BCUT2D eigenvalue weighted by atomic mass is 9.92. The van der Waals surface area contributed by atoms with Gasteiger partial charge in [-0.15, -0.1) is 0 Å². The molecule has 2 saturated heterocycles. The summed E-state index contributed by atoms with van der Waals surface area (Å²) in [5, 5.41) is 4.30. The Kier molecular flexibility index (Phi) is 3.99. The second kappa shape index (κ2) is 5.49. The Morgan fingerprint density at radius 2 is 2.24 bits per heavy atom. The van der Waals surface area contributed by atoms with Gasteiger partial charge in [0.05, 0.1) is 12.5 Å². The van der Waals surface area contributed by atoms with Crippen molar-refractivity contribution in [3.05, 3.63) is 0 Å². The van der Waals surface area contributed by atoms with Crippen LogP contribution in [0.4, 0.5) is 0 Å². The molecule has 0 aromatic rings. The lowest BCUT2D eigenvalue weighted by Crippen LogP contribution is -2.46. The summed E-state index contributed by atoms with van der Waals surface area (Å²) in [6, 6.07) is 0.0807. The number of nitrogens with one attached hydrogen (secondary N) is 1. The number of rotatable bonds is 1. The summed E-state index contributed by atoms with van der Waals surface area (Å²) in [6.45, 7) is 3.20. The van der Waals surface area contributed by atoms with Crippen LogP contribution in [-0.2, 0) is 14.4 Å². The predicted molar refractivity (Wildman–Crippen MR) is 61.8 cm³/mol. The molecule has 0 aromatic heterocycles. The van der Waals surface area contributed by atoms with Crippen LogP contribution in [0.25, 0.3) is 0 Å². The molecule has 2 aliphatic rings. The van der Waals surface area contributed by atoms with Crippen LogP contribution in [0, 0.1) is 5.92 Å². The third kappa shape index (κ3) is 3.19. The maximum absolute atomic E-state index is 12.2. The van der Waals surface area contributed by atoms with Gasteiger partial charge in [0, 0.05) is 19.0 Å². The number of amides is 2. The molecule has 0 saturated carbocycles. The zero-order chi connectivity index (χ0) is 12.3. The van der Waals surface area contributed by atoms with E-state index >= 15 is 0 Å². The Morgan fingerprint density at radius 1 is 1.41 bits per heavy atom. The molecule has 2 heterocycles. The van der Waals surface area contributed by atoms with Crippen molar-refractivity contribution in [2.24, 2.45) is 5.92 Å². The number of piperidine rings is 1. The molecule has 0 radical (unpaired) electrons. The van der Waals surface area contributed by atoms with Gasteiger partial charge in [-0.1, -0.05) is 0 Å². The zero-order valence-electron chi connectivity index (χ0n) is 10.3. The Hall–Kier alpha value is -1.10. The van der Waals surface area contributed by atoms with E-state index in [0.717, 1.165) is 19.3 Å². The smallest absolute Gasteiger partial charge is 0.249 e. The average molecular weight is 240 g/mol. The van der Waals surface area contributed by atoms with Crippen molar-refractivity contribution in [1.29, 1.82) is 0 Å². The summed E-state index contributed by atoms with van der Waals surface area (Å²) in [4.78, 5) is 29.1. The van der Waals surface area contributed by atoms with Gasteiger partial charge in [0.2, 0.25) is 11.8 Å². The van der Waals surface area contributed by atoms with Gasteiger partial charge in [-0.25, -0.2) is 5.06 Å². The Bertz CT molecular complexity index is 298. The van der Waals surface area contributed by atoms with Crippen LogP contribution in [0.1, 0.15) is 39.0 Å². The first-order valence-electron chi connectivity index (χ1n) is 6.40. The van der Waals surface area contributed by atoms with E-state index in [-0.39, 0.29) is 23.8 Å². The fourth-order valence-corrected chi connectivity index (χ4v) is 2.47. The van der Waals surface area contributed by atoms with Crippen LogP contribution in [0.2, 0.25) is 0 Å². The summed E-state index contributed by atoms with van der Waals surface area (Å²) in [6.07, 6.45) is 4.10. The minimum atomic E-state index is -0.211. The number of nitrogens with zero attached hydrogens (tertiary/aromatic N) is 1. The molecule has 17 heavy (non-hydrogen) atoms. The fourth-order valence-electron chi connectivity index (χ4n) is 2.47. The molecule has 5 heteroatoms. The molecule has 2 aliphatic heterocycles. The van der Waals surface area contributed by atoms with Crippen LogP contribution in [-0.4, -0.2) is 36.1 Å². The first-order valence-corrected chi connectivity index (χ1v) is 6.40. The summed E-state index contributed by atoms with van der Waals surface area (Å²) < 4.78 is 0. The van der Waals surface area contributed by atoms with Crippen LogP contribution in [0.3, 0.4) is 0 Å². The topological polar surface area (TPSA) is 58.6 Å². The maximum Gasteiger partial charge on any atom is 0.249 e. The van der Waals surface area contributed by atoms with Crippen molar-refractivity contribution in [3.8, 4) is 0 Å². The molecule has 0 spiro atoms. The molecule has 2 fully saturated rings. The highest BCUT2D eigenvalue weighted by atomic mass is 16.7. The van der Waals surface area contributed by atoms with Gasteiger partial charge in [0.15, 0.2) is 0 Å². The van der Waals surface area contributed by atoms with Gasteiger partial charge in [0.1, 0.15) is 0 Å². The van der Waals surface area contributed by atoms with Crippen molar-refractivity contribution < 1.29 is 14.4 Å². The quantitative estimate of drug-likeness (QED) is 0.739. The van der Waals surface area contributed by atoms with Crippen molar-refractivity contribution >= 4 is 11.8 Å². The van der Waals surface area contributed by atoms with Crippen LogP contribution in [0.5, 0.6) is 0 Å². The summed E-state index contributed by atoms with van der Waals surface area (Å²) in [5.74, 6) is -0.262. The predicted octanol–water partition coefficient (Wildman–Crippen LogP) is 0.845. The van der Waals surface area contributed by atoms with E-state index in [1.165, 1.54) is 5.06 Å². The molecule has 5 nitrogen and oxygen atoms in total. The van der Waals surface area contributed by atoms with E-state index in [9.17, 15) is 9.59 Å². The van der Waals surface area contributed by atoms with Gasteiger partial charge in [-0.3, -0.25) is 14.4 Å². The number of hydrogen-bond acceptors (Lipinski definition) is 3. The highest BCUT2D eigenvalue weighted by Crippen LogP contribution is 2.21. The molecule has 2 unspecified atom stereocenters. The monoisotopic (exact) mass is 240 g/mol. The van der Waals surface area contributed by atoms with E-state index in [1.807, 2.05) is 6.92 Å². The van der Waals surface area contributed by atoms with Crippen LogP contribution >= 0.6 is 0 Å². The molecular weight excluding hydrogens is 220 g/mol. The highest BCUT2D eigenvalue weighted by Gasteiger charge is 2.32. The Labute approximate surface area is 101 Å². The summed E-state index contributed by atoms with van der Waals surface area (Å²) in [7, 11) is 0. The second-order valence-corrected chi connectivity index (χ2v) is 4.94. The SMILES string of the molecule is CC1CC(C(=O)N2CCCCCO2)CC(=O)N1. The van der Waals surface area contributed by atoms with Crippen molar-refractivity contribution in [3.63, 3.8) is 0 Å². The van der Waals surface area contributed by atoms with Gasteiger partial charge in [-0.05, 0) is 32.6 Å². The lowest BCUT2D eigenvalue weighted by molar-refractivity contribution is -0.189. The van der Waals surface area contributed by atoms with Crippen molar-refractivity contribution in [2.45, 2.75) is 45.1 Å². The first kappa shape index (κ1) is 12.4. The minimum Gasteiger partial charge on any atom is -0.354 e. The fraction of sp³-hybridized carbons (Fsp3) is 0.833. The second-order valence-electron chi connectivity index (χ2n) is 4.94. The average Bonchev–Trinajstić information content (AvgIpc) is 2.55.